The molecule has 0 aliphatic heterocycles. The minimum atomic E-state index is -0.818. The maximum absolute atomic E-state index is 11.5. The molecule has 0 radical (unpaired) electrons. The summed E-state index contributed by atoms with van der Waals surface area (Å²) < 4.78 is 5.37. The van der Waals surface area contributed by atoms with Crippen molar-refractivity contribution >= 4 is 12.0 Å². The van der Waals surface area contributed by atoms with E-state index in [-0.39, 0.29) is 12.6 Å². The van der Waals surface area contributed by atoms with E-state index in [0.717, 1.165) is 12.8 Å². The van der Waals surface area contributed by atoms with Crippen molar-refractivity contribution in [2.24, 2.45) is 11.3 Å². The van der Waals surface area contributed by atoms with Gasteiger partial charge in [0.1, 0.15) is 0 Å². The number of carboxylic acid groups (broad SMARTS) is 1. The van der Waals surface area contributed by atoms with Crippen LogP contribution >= 0.6 is 0 Å². The summed E-state index contributed by atoms with van der Waals surface area (Å²) in [5, 5.41) is 14.4. The highest BCUT2D eigenvalue weighted by Crippen LogP contribution is 2.40. The lowest BCUT2D eigenvalue weighted by Gasteiger charge is -2.37. The summed E-state index contributed by atoms with van der Waals surface area (Å²) in [4.78, 5) is 22.6. The fraction of sp³-hybridized carbons (Fsp3) is 0.857. The molecule has 1 fully saturated rings. The van der Waals surface area contributed by atoms with Crippen molar-refractivity contribution in [3.05, 3.63) is 0 Å². The summed E-state index contributed by atoms with van der Waals surface area (Å²) >= 11 is 0. The van der Waals surface area contributed by atoms with Gasteiger partial charge in [-0.15, -0.1) is 0 Å². The molecule has 6 heteroatoms. The number of carbonyl (C=O) groups excluding carboxylic acids is 1. The third kappa shape index (κ3) is 5.36. The van der Waals surface area contributed by atoms with E-state index < -0.39 is 11.4 Å². The quantitative estimate of drug-likeness (QED) is 0.562. The Morgan fingerprint density at radius 2 is 1.95 bits per heavy atom. The predicted octanol–water partition coefficient (Wildman–Crippen LogP) is 1.60. The average molecular weight is 286 g/mol. The van der Waals surface area contributed by atoms with E-state index in [2.05, 4.69) is 24.5 Å². The van der Waals surface area contributed by atoms with Crippen molar-refractivity contribution in [3.63, 3.8) is 0 Å². The molecule has 1 aliphatic carbocycles. The molecule has 6 nitrogen and oxygen atoms in total. The zero-order valence-electron chi connectivity index (χ0n) is 12.4. The SMILES string of the molecule is CC(C)CCOCCNC(=O)NCC1(C(=O)O)CCC1. The molecule has 20 heavy (non-hydrogen) atoms. The average Bonchev–Trinajstić information content (AvgIpc) is 2.31. The first-order valence-electron chi connectivity index (χ1n) is 7.29. The van der Waals surface area contributed by atoms with Gasteiger partial charge in [0.15, 0.2) is 0 Å². The largest absolute Gasteiger partial charge is 0.481 e. The Hall–Kier alpha value is -1.30. The topological polar surface area (TPSA) is 87.7 Å². The van der Waals surface area contributed by atoms with Gasteiger partial charge in [-0.3, -0.25) is 4.79 Å². The van der Waals surface area contributed by atoms with Crippen LogP contribution in [0.5, 0.6) is 0 Å². The molecule has 116 valence electrons. The zero-order valence-corrected chi connectivity index (χ0v) is 12.4. The molecule has 0 atom stereocenters. The lowest BCUT2D eigenvalue weighted by molar-refractivity contribution is -0.153. The second kappa shape index (κ2) is 8.09. The third-order valence-electron chi connectivity index (χ3n) is 3.72. The molecule has 1 aliphatic rings. The van der Waals surface area contributed by atoms with Gasteiger partial charge in [0.2, 0.25) is 0 Å². The predicted molar refractivity (Wildman–Crippen MR) is 75.6 cm³/mol. The molecule has 0 saturated heterocycles. The summed E-state index contributed by atoms with van der Waals surface area (Å²) in [5.74, 6) is -0.206. The minimum absolute atomic E-state index is 0.197. The van der Waals surface area contributed by atoms with Crippen LogP contribution in [0.3, 0.4) is 0 Å². The molecule has 3 N–H and O–H groups in total. The van der Waals surface area contributed by atoms with Crippen LogP contribution in [0.1, 0.15) is 39.5 Å². The molecule has 0 aromatic carbocycles. The van der Waals surface area contributed by atoms with Gasteiger partial charge < -0.3 is 20.5 Å². The second-order valence-corrected chi connectivity index (χ2v) is 5.84. The van der Waals surface area contributed by atoms with Crippen LogP contribution < -0.4 is 10.6 Å². The van der Waals surface area contributed by atoms with E-state index in [1.807, 2.05) is 0 Å². The highest BCUT2D eigenvalue weighted by Gasteiger charge is 2.44. The molecule has 1 rings (SSSR count). The summed E-state index contributed by atoms with van der Waals surface area (Å²) in [6.07, 6.45) is 3.20. The Labute approximate surface area is 120 Å². The van der Waals surface area contributed by atoms with Crippen molar-refractivity contribution < 1.29 is 19.4 Å². The van der Waals surface area contributed by atoms with E-state index in [1.165, 1.54) is 0 Å². The fourth-order valence-corrected chi connectivity index (χ4v) is 2.04. The summed E-state index contributed by atoms with van der Waals surface area (Å²) in [7, 11) is 0. The van der Waals surface area contributed by atoms with Crippen LogP contribution in [0.25, 0.3) is 0 Å². The lowest BCUT2D eigenvalue weighted by atomic mass is 9.69. The fourth-order valence-electron chi connectivity index (χ4n) is 2.04. The third-order valence-corrected chi connectivity index (χ3v) is 3.72. The van der Waals surface area contributed by atoms with Crippen LogP contribution in [0.2, 0.25) is 0 Å². The molecule has 0 unspecified atom stereocenters. The number of ether oxygens (including phenoxy) is 1. The van der Waals surface area contributed by atoms with Gasteiger partial charge in [0.05, 0.1) is 12.0 Å². The van der Waals surface area contributed by atoms with Crippen molar-refractivity contribution in [3.8, 4) is 0 Å². The van der Waals surface area contributed by atoms with E-state index in [4.69, 9.17) is 9.84 Å². The molecule has 0 spiro atoms. The van der Waals surface area contributed by atoms with Crippen molar-refractivity contribution in [1.82, 2.24) is 10.6 Å². The van der Waals surface area contributed by atoms with Crippen LogP contribution in [0.4, 0.5) is 4.79 Å². The Balaban J connectivity index is 2.05. The monoisotopic (exact) mass is 286 g/mol. The Morgan fingerprint density at radius 3 is 2.45 bits per heavy atom. The number of amides is 2. The first-order chi connectivity index (χ1) is 9.46. The van der Waals surface area contributed by atoms with Crippen LogP contribution in [-0.4, -0.2) is 43.4 Å². The van der Waals surface area contributed by atoms with E-state index >= 15 is 0 Å². The lowest BCUT2D eigenvalue weighted by Crippen LogP contribution is -2.50. The number of carbonyl (C=O) groups is 2. The van der Waals surface area contributed by atoms with E-state index in [0.29, 0.717) is 38.5 Å². The van der Waals surface area contributed by atoms with Gasteiger partial charge in [0.25, 0.3) is 0 Å². The zero-order chi connectivity index (χ0) is 15.0. The second-order valence-electron chi connectivity index (χ2n) is 5.84. The molecule has 2 amide bonds. The van der Waals surface area contributed by atoms with Gasteiger partial charge in [0, 0.05) is 19.7 Å². The molecule has 1 saturated carbocycles. The highest BCUT2D eigenvalue weighted by molar-refractivity contribution is 5.78. The van der Waals surface area contributed by atoms with Gasteiger partial charge in [-0.1, -0.05) is 20.3 Å². The van der Waals surface area contributed by atoms with E-state index in [9.17, 15) is 9.59 Å². The normalized spacial score (nSPS) is 16.6. The summed E-state index contributed by atoms with van der Waals surface area (Å²) in [6.45, 7) is 6.07. The van der Waals surface area contributed by atoms with Crippen molar-refractivity contribution in [2.75, 3.05) is 26.3 Å². The number of aliphatic carboxylic acids is 1. The first-order valence-corrected chi connectivity index (χ1v) is 7.29. The highest BCUT2D eigenvalue weighted by atomic mass is 16.5. The van der Waals surface area contributed by atoms with Crippen LogP contribution in [0, 0.1) is 11.3 Å². The van der Waals surface area contributed by atoms with Gasteiger partial charge in [-0.05, 0) is 25.2 Å². The summed E-state index contributed by atoms with van der Waals surface area (Å²) in [6, 6.07) is -0.329. The molecule has 0 bridgehead atoms. The Bertz CT molecular complexity index is 327. The van der Waals surface area contributed by atoms with Crippen molar-refractivity contribution in [1.29, 1.82) is 0 Å². The molecule has 0 heterocycles. The number of rotatable bonds is 9. The maximum atomic E-state index is 11.5. The van der Waals surface area contributed by atoms with E-state index in [1.54, 1.807) is 0 Å². The molecular formula is C14H26N2O4. The molecule has 0 aromatic heterocycles. The summed E-state index contributed by atoms with van der Waals surface area (Å²) in [5.41, 5.74) is -0.745. The molecular weight excluding hydrogens is 260 g/mol. The number of urea groups is 1. The van der Waals surface area contributed by atoms with Gasteiger partial charge in [-0.2, -0.15) is 0 Å². The van der Waals surface area contributed by atoms with Gasteiger partial charge in [-0.25, -0.2) is 4.79 Å². The Morgan fingerprint density at radius 1 is 1.25 bits per heavy atom. The minimum Gasteiger partial charge on any atom is -0.481 e. The number of nitrogens with one attached hydrogen (secondary N) is 2. The smallest absolute Gasteiger partial charge is 0.314 e. The Kier molecular flexibility index (Phi) is 6.78. The molecule has 0 aromatic rings. The standard InChI is InChI=1S/C14H26N2O4/c1-11(2)4-8-20-9-7-15-13(19)16-10-14(12(17)18)5-3-6-14/h11H,3-10H2,1-2H3,(H,17,18)(H2,15,16,19). The number of hydrogen-bond acceptors (Lipinski definition) is 3. The van der Waals surface area contributed by atoms with Crippen LogP contribution in [-0.2, 0) is 9.53 Å². The van der Waals surface area contributed by atoms with Crippen LogP contribution in [0.15, 0.2) is 0 Å². The number of hydrogen-bond donors (Lipinski definition) is 3. The maximum Gasteiger partial charge on any atom is 0.314 e. The first kappa shape index (κ1) is 16.8. The van der Waals surface area contributed by atoms with Gasteiger partial charge >= 0.3 is 12.0 Å². The number of carboxylic acids is 1. The van der Waals surface area contributed by atoms with Crippen molar-refractivity contribution in [2.45, 2.75) is 39.5 Å².